The van der Waals surface area contributed by atoms with Gasteiger partial charge in [-0.25, -0.2) is 0 Å². The normalized spacial score (nSPS) is 14.1. The smallest absolute Gasteiger partial charge is 0.0410 e. The fraction of sp³-hybridized carbons (Fsp3) is 0.455. The lowest BCUT2D eigenvalue weighted by Gasteiger charge is -2.20. The number of nitrogens with two attached hydrogens (primary N) is 2. The van der Waals surface area contributed by atoms with Gasteiger partial charge in [-0.3, -0.25) is 0 Å². The summed E-state index contributed by atoms with van der Waals surface area (Å²) in [5.41, 5.74) is 13.6. The zero-order valence-corrected chi connectivity index (χ0v) is 10.6. The van der Waals surface area contributed by atoms with Crippen LogP contribution in [0.1, 0.15) is 31.9 Å². The van der Waals surface area contributed by atoms with Crippen molar-refractivity contribution in [2.45, 2.75) is 26.3 Å². The summed E-state index contributed by atoms with van der Waals surface area (Å²) in [6, 6.07) is 5.41. The maximum Gasteiger partial charge on any atom is 0.0410 e. The second-order valence-corrected chi connectivity index (χ2v) is 4.12. The SMILES string of the molecule is CCC(C)[C@@H](N)c1cc(Cl)ccc1N.Cl. The van der Waals surface area contributed by atoms with Crippen molar-refractivity contribution in [1.82, 2.24) is 0 Å². The second-order valence-electron chi connectivity index (χ2n) is 3.68. The number of anilines is 1. The number of rotatable bonds is 3. The Hall–Kier alpha value is -0.440. The fourth-order valence-corrected chi connectivity index (χ4v) is 1.58. The highest BCUT2D eigenvalue weighted by molar-refractivity contribution is 6.30. The molecule has 0 bridgehead atoms. The van der Waals surface area contributed by atoms with E-state index in [2.05, 4.69) is 13.8 Å². The van der Waals surface area contributed by atoms with Gasteiger partial charge in [0.25, 0.3) is 0 Å². The first kappa shape index (κ1) is 14.6. The van der Waals surface area contributed by atoms with Gasteiger partial charge in [-0.2, -0.15) is 0 Å². The van der Waals surface area contributed by atoms with Gasteiger partial charge in [-0.1, -0.05) is 31.9 Å². The van der Waals surface area contributed by atoms with Crippen molar-refractivity contribution in [2.75, 3.05) is 5.73 Å². The average Bonchev–Trinajstić information content (AvgIpc) is 2.19. The summed E-state index contributed by atoms with van der Waals surface area (Å²) in [6.45, 7) is 4.23. The van der Waals surface area contributed by atoms with E-state index in [0.29, 0.717) is 10.9 Å². The monoisotopic (exact) mass is 248 g/mol. The van der Waals surface area contributed by atoms with E-state index in [4.69, 9.17) is 23.1 Å². The van der Waals surface area contributed by atoms with E-state index < -0.39 is 0 Å². The summed E-state index contributed by atoms with van der Waals surface area (Å²) >= 11 is 5.90. The molecule has 0 spiro atoms. The van der Waals surface area contributed by atoms with Gasteiger partial charge in [-0.15, -0.1) is 12.4 Å². The maximum absolute atomic E-state index is 6.08. The third-order valence-corrected chi connectivity index (χ3v) is 2.90. The molecule has 0 heterocycles. The topological polar surface area (TPSA) is 52.0 Å². The Morgan fingerprint density at radius 3 is 2.53 bits per heavy atom. The van der Waals surface area contributed by atoms with Crippen molar-refractivity contribution in [3.05, 3.63) is 28.8 Å². The Morgan fingerprint density at radius 1 is 1.40 bits per heavy atom. The third-order valence-electron chi connectivity index (χ3n) is 2.66. The molecule has 1 aromatic carbocycles. The van der Waals surface area contributed by atoms with Gasteiger partial charge in [0.05, 0.1) is 0 Å². The molecule has 0 fully saturated rings. The number of hydrogen-bond acceptors (Lipinski definition) is 2. The minimum Gasteiger partial charge on any atom is -0.398 e. The van der Waals surface area contributed by atoms with E-state index >= 15 is 0 Å². The first-order valence-corrected chi connectivity index (χ1v) is 5.24. The summed E-state index contributed by atoms with van der Waals surface area (Å²) in [6.07, 6.45) is 1.03. The van der Waals surface area contributed by atoms with E-state index in [-0.39, 0.29) is 18.4 Å². The molecule has 0 aliphatic heterocycles. The Morgan fingerprint density at radius 2 is 2.00 bits per heavy atom. The van der Waals surface area contributed by atoms with Crippen molar-refractivity contribution >= 4 is 29.7 Å². The zero-order chi connectivity index (χ0) is 10.7. The van der Waals surface area contributed by atoms with Gasteiger partial charge in [0, 0.05) is 16.8 Å². The van der Waals surface area contributed by atoms with Crippen LogP contribution < -0.4 is 11.5 Å². The number of nitrogen functional groups attached to an aromatic ring is 1. The molecule has 1 aromatic rings. The molecule has 0 saturated heterocycles. The predicted octanol–water partition coefficient (Wildman–Crippen LogP) is 3.39. The molecule has 0 amide bonds. The number of benzene rings is 1. The molecule has 1 rings (SSSR count). The van der Waals surface area contributed by atoms with Crippen molar-refractivity contribution in [2.24, 2.45) is 11.7 Å². The molecule has 0 aliphatic rings. The van der Waals surface area contributed by atoms with Crippen LogP contribution in [0.25, 0.3) is 0 Å². The molecular formula is C11H18Cl2N2. The van der Waals surface area contributed by atoms with Gasteiger partial charge in [0.2, 0.25) is 0 Å². The van der Waals surface area contributed by atoms with Crippen LogP contribution in [0, 0.1) is 5.92 Å². The van der Waals surface area contributed by atoms with Gasteiger partial charge in [-0.05, 0) is 29.7 Å². The summed E-state index contributed by atoms with van der Waals surface area (Å²) in [5.74, 6) is 0.413. The van der Waals surface area contributed by atoms with Crippen molar-refractivity contribution < 1.29 is 0 Å². The molecule has 0 aliphatic carbocycles. The summed E-state index contributed by atoms with van der Waals surface area (Å²) in [4.78, 5) is 0. The molecule has 0 aromatic heterocycles. The Labute approximate surface area is 102 Å². The van der Waals surface area contributed by atoms with Crippen LogP contribution in [0.4, 0.5) is 5.69 Å². The Kier molecular flexibility index (Phi) is 6.03. The van der Waals surface area contributed by atoms with Crippen LogP contribution in [0.3, 0.4) is 0 Å². The van der Waals surface area contributed by atoms with Crippen LogP contribution in [0.5, 0.6) is 0 Å². The third kappa shape index (κ3) is 3.56. The average molecular weight is 249 g/mol. The largest absolute Gasteiger partial charge is 0.398 e. The lowest BCUT2D eigenvalue weighted by molar-refractivity contribution is 0.458. The zero-order valence-electron chi connectivity index (χ0n) is 9.03. The van der Waals surface area contributed by atoms with Crippen LogP contribution in [-0.4, -0.2) is 0 Å². The van der Waals surface area contributed by atoms with Crippen LogP contribution in [0.2, 0.25) is 5.02 Å². The molecule has 1 unspecified atom stereocenters. The maximum atomic E-state index is 6.08. The lowest BCUT2D eigenvalue weighted by atomic mass is 9.92. The number of hydrogen-bond donors (Lipinski definition) is 2. The first-order valence-electron chi connectivity index (χ1n) is 4.86. The minimum atomic E-state index is -0.0290. The summed E-state index contributed by atoms with van der Waals surface area (Å²) < 4.78 is 0. The van der Waals surface area contributed by atoms with E-state index in [1.165, 1.54) is 0 Å². The van der Waals surface area contributed by atoms with Crippen molar-refractivity contribution in [3.8, 4) is 0 Å². The van der Waals surface area contributed by atoms with Gasteiger partial charge in [0.1, 0.15) is 0 Å². The highest BCUT2D eigenvalue weighted by Gasteiger charge is 2.15. The molecule has 2 nitrogen and oxygen atoms in total. The van der Waals surface area contributed by atoms with Gasteiger partial charge >= 0.3 is 0 Å². The standard InChI is InChI=1S/C11H17ClN2.ClH/c1-3-7(2)11(14)9-6-8(12)4-5-10(9)13;/h4-7,11H,3,13-14H2,1-2H3;1H/t7?,11-;/m1./s1. The summed E-state index contributed by atoms with van der Waals surface area (Å²) in [5, 5.41) is 0.688. The summed E-state index contributed by atoms with van der Waals surface area (Å²) in [7, 11) is 0. The van der Waals surface area contributed by atoms with Crippen LogP contribution >= 0.6 is 24.0 Å². The molecular weight excluding hydrogens is 231 g/mol. The molecule has 2 atom stereocenters. The number of halogens is 2. The lowest BCUT2D eigenvalue weighted by Crippen LogP contribution is -2.19. The van der Waals surface area contributed by atoms with E-state index in [1.54, 1.807) is 12.1 Å². The van der Waals surface area contributed by atoms with E-state index in [9.17, 15) is 0 Å². The van der Waals surface area contributed by atoms with E-state index in [1.807, 2.05) is 6.07 Å². The van der Waals surface area contributed by atoms with Crippen molar-refractivity contribution in [3.63, 3.8) is 0 Å². The quantitative estimate of drug-likeness (QED) is 0.806. The minimum absolute atomic E-state index is 0. The first-order chi connectivity index (χ1) is 6.56. The Balaban J connectivity index is 0.00000196. The molecule has 0 radical (unpaired) electrons. The van der Waals surface area contributed by atoms with Crippen molar-refractivity contribution in [1.29, 1.82) is 0 Å². The Bertz CT molecular complexity index is 315. The van der Waals surface area contributed by atoms with E-state index in [0.717, 1.165) is 17.7 Å². The van der Waals surface area contributed by atoms with Gasteiger partial charge in [0.15, 0.2) is 0 Å². The predicted molar refractivity (Wildman–Crippen MR) is 69.5 cm³/mol. The van der Waals surface area contributed by atoms with Gasteiger partial charge < -0.3 is 11.5 Å². The highest BCUT2D eigenvalue weighted by Crippen LogP contribution is 2.28. The van der Waals surface area contributed by atoms with Crippen LogP contribution in [0.15, 0.2) is 18.2 Å². The molecule has 4 N–H and O–H groups in total. The highest BCUT2D eigenvalue weighted by atomic mass is 35.5. The van der Waals surface area contributed by atoms with Crippen LogP contribution in [-0.2, 0) is 0 Å². The second kappa shape index (κ2) is 6.21. The fourth-order valence-electron chi connectivity index (χ4n) is 1.39. The molecule has 15 heavy (non-hydrogen) atoms. The molecule has 0 saturated carbocycles. The molecule has 4 heteroatoms. The molecule has 86 valence electrons.